The molecule has 0 radical (unpaired) electrons. The zero-order chi connectivity index (χ0) is 44.4. The first kappa shape index (κ1) is 44.1. The van der Waals surface area contributed by atoms with Gasteiger partial charge in [0.05, 0.1) is 41.0 Å². The number of aromatic nitrogens is 5. The Morgan fingerprint density at radius 3 is 2.23 bits per heavy atom. The van der Waals surface area contributed by atoms with Crippen molar-refractivity contribution >= 4 is 50.3 Å². The molecule has 0 unspecified atom stereocenters. The molecule has 0 aliphatic heterocycles. The van der Waals surface area contributed by atoms with E-state index in [1.54, 1.807) is 0 Å². The average molecular weight is 898 g/mol. The monoisotopic (exact) mass is 897 g/mol. The molecule has 60 heavy (non-hydrogen) atoms. The number of methoxy groups -OCH3 is 1. The second-order valence-electron chi connectivity index (χ2n) is 14.0. The maximum atomic E-state index is 15.3. The molecule has 5 aromatic rings. The third kappa shape index (κ3) is 8.58. The summed E-state index contributed by atoms with van der Waals surface area (Å²) >= 11 is 6.47. The Balaban J connectivity index is 1.56. The lowest BCUT2D eigenvalue weighted by atomic mass is 9.93. The lowest BCUT2D eigenvalue weighted by molar-refractivity contribution is -0.143. The maximum absolute atomic E-state index is 15.3. The van der Waals surface area contributed by atoms with Gasteiger partial charge < -0.3 is 10.1 Å². The highest BCUT2D eigenvalue weighted by molar-refractivity contribution is 7.92. The summed E-state index contributed by atoms with van der Waals surface area (Å²) in [5.41, 5.74) is -4.63. The van der Waals surface area contributed by atoms with Gasteiger partial charge in [-0.2, -0.15) is 49.6 Å². The summed E-state index contributed by atoms with van der Waals surface area (Å²) in [6, 6.07) is 5.67. The highest BCUT2D eigenvalue weighted by Crippen LogP contribution is 2.50. The third-order valence-electron chi connectivity index (χ3n) is 9.46. The number of hydrogen-bond donors (Lipinski definition) is 1. The molecule has 0 bridgehead atoms. The van der Waals surface area contributed by atoms with E-state index in [0.29, 0.717) is 17.0 Å². The van der Waals surface area contributed by atoms with Gasteiger partial charge in [-0.1, -0.05) is 30.7 Å². The summed E-state index contributed by atoms with van der Waals surface area (Å²) < 4.78 is 175. The van der Waals surface area contributed by atoms with E-state index in [1.807, 2.05) is 0 Å². The van der Waals surface area contributed by atoms with Gasteiger partial charge in [0.25, 0.3) is 5.92 Å². The lowest BCUT2D eigenvalue weighted by Crippen LogP contribution is -2.36. The second-order valence-corrected chi connectivity index (χ2v) is 16.2. The van der Waals surface area contributed by atoms with Crippen LogP contribution in [0.4, 0.5) is 54.5 Å². The van der Waals surface area contributed by atoms with Crippen LogP contribution in [0, 0.1) is 24.5 Å². The summed E-state index contributed by atoms with van der Waals surface area (Å²) in [6.07, 6.45) is -12.5. The number of amides is 2. The summed E-state index contributed by atoms with van der Waals surface area (Å²) in [6.45, 7) is -0.635. The van der Waals surface area contributed by atoms with Gasteiger partial charge in [-0.15, -0.1) is 0 Å². The summed E-state index contributed by atoms with van der Waals surface area (Å²) in [5, 5.41) is 8.70. The summed E-state index contributed by atoms with van der Waals surface area (Å²) in [4.78, 5) is 31.0. The number of nitrogens with zero attached hydrogens (tertiary/aromatic N) is 6. The minimum absolute atomic E-state index is 0.0196. The van der Waals surface area contributed by atoms with E-state index in [-0.39, 0.29) is 37.1 Å². The first-order valence-corrected chi connectivity index (χ1v) is 19.5. The van der Waals surface area contributed by atoms with E-state index in [4.69, 9.17) is 11.6 Å². The minimum atomic E-state index is -5.17. The molecule has 2 atom stereocenters. The number of aryl methyl sites for hydroxylation is 1. The fraction of sp³-hybridized carbons (Fsp3) is 0.361. The van der Waals surface area contributed by atoms with Gasteiger partial charge in [0.15, 0.2) is 11.5 Å². The molecule has 1 N–H and O–H groups in total. The van der Waals surface area contributed by atoms with E-state index in [0.717, 1.165) is 32.2 Å². The third-order valence-corrected chi connectivity index (χ3v) is 10.8. The summed E-state index contributed by atoms with van der Waals surface area (Å²) in [7, 11) is -3.87. The highest BCUT2D eigenvalue weighted by atomic mass is 35.5. The first-order valence-electron chi connectivity index (χ1n) is 17.3. The molecule has 1 aliphatic rings. The maximum Gasteiger partial charge on any atom is 0.435 e. The topological polar surface area (TPSA) is 141 Å². The normalized spacial score (nSPS) is 15.9. The van der Waals surface area contributed by atoms with Gasteiger partial charge in [-0.05, 0) is 49.6 Å². The Hall–Kier alpha value is -5.45. The molecule has 6 rings (SSSR count). The molecule has 0 spiro atoms. The van der Waals surface area contributed by atoms with Crippen molar-refractivity contribution in [3.05, 3.63) is 93.0 Å². The van der Waals surface area contributed by atoms with Crippen molar-refractivity contribution in [3.8, 4) is 11.1 Å². The van der Waals surface area contributed by atoms with Crippen molar-refractivity contribution < 1.29 is 66.6 Å². The number of pyridine rings is 1. The Morgan fingerprint density at radius 1 is 1.02 bits per heavy atom. The molecule has 0 saturated heterocycles. The first-order chi connectivity index (χ1) is 27.7. The Morgan fingerprint density at radius 2 is 1.65 bits per heavy atom. The molecule has 2 amide bonds. The Labute approximate surface area is 338 Å². The number of sulfonamides is 1. The van der Waals surface area contributed by atoms with Crippen molar-refractivity contribution in [1.82, 2.24) is 29.9 Å². The van der Waals surface area contributed by atoms with Crippen LogP contribution in [0.25, 0.3) is 22.0 Å². The van der Waals surface area contributed by atoms with Crippen LogP contribution < -0.4 is 9.62 Å². The number of anilines is 1. The molecule has 2 aromatic carbocycles. The number of alkyl halides is 8. The van der Waals surface area contributed by atoms with Gasteiger partial charge in [-0.3, -0.25) is 19.1 Å². The fourth-order valence-electron chi connectivity index (χ4n) is 7.07. The molecular formula is C36H30ClF10N7O5S. The Kier molecular flexibility index (Phi) is 11.4. The van der Waals surface area contributed by atoms with Crippen LogP contribution in [-0.4, -0.2) is 64.5 Å². The number of halogens is 11. The zero-order valence-corrected chi connectivity index (χ0v) is 32.9. The van der Waals surface area contributed by atoms with Gasteiger partial charge in [0, 0.05) is 34.4 Å². The van der Waals surface area contributed by atoms with Gasteiger partial charge in [0.1, 0.15) is 30.4 Å². The standard InChI is InChI=1S/C36H30ClF10N7O5S/c1-16-9-23-30(36(45,46)47)50-52(31(23)35(16,43)44)14-26(55)49-25(12-18-10-19(38)13-20(39)11-18)28-21(6-5-17(2)48-28)22-7-8-24(37)27-29(22)53(15-34(40,41)42)51-32(27)54(33(56)59-3)60(4,57)58/h5-8,10-11,13,16,25H,9,12,14-15H2,1-4H3,(H,49,55)/t16-,25+/m1/s1. The van der Waals surface area contributed by atoms with Crippen LogP contribution in [-0.2, 0) is 57.6 Å². The molecular weight excluding hydrogens is 868 g/mol. The summed E-state index contributed by atoms with van der Waals surface area (Å²) in [5.74, 6) is -9.70. The molecule has 24 heteroatoms. The fourth-order valence-corrected chi connectivity index (χ4v) is 8.09. The quantitative estimate of drug-likeness (QED) is 0.139. The Bertz CT molecular complexity index is 2630. The molecule has 1 aliphatic carbocycles. The van der Waals surface area contributed by atoms with E-state index in [9.17, 15) is 53.1 Å². The number of nitrogens with one attached hydrogen (secondary N) is 1. The van der Waals surface area contributed by atoms with Crippen LogP contribution in [0.2, 0.25) is 5.02 Å². The number of carbonyl (C=O) groups is 2. The van der Waals surface area contributed by atoms with Crippen LogP contribution in [0.1, 0.15) is 46.9 Å². The number of rotatable bonds is 10. The van der Waals surface area contributed by atoms with Gasteiger partial charge >= 0.3 is 18.4 Å². The predicted molar refractivity (Wildman–Crippen MR) is 193 cm³/mol. The SMILES string of the molecule is COC(=O)N(c1nn(CC(F)(F)F)c2c(-c3ccc(C)nc3[C@H](Cc3cc(F)cc(F)c3)NC(=O)Cn3nc(C(F)(F)F)c4c3C(F)(F)[C@H](C)C4)ccc(Cl)c12)S(C)(=O)=O. The highest BCUT2D eigenvalue weighted by Gasteiger charge is 2.54. The lowest BCUT2D eigenvalue weighted by Gasteiger charge is -2.23. The molecule has 12 nitrogen and oxygen atoms in total. The van der Waals surface area contributed by atoms with Crippen LogP contribution in [0.3, 0.4) is 0 Å². The number of carbonyl (C=O) groups excluding carboxylic acids is 2. The van der Waals surface area contributed by atoms with E-state index in [2.05, 4.69) is 25.2 Å². The van der Waals surface area contributed by atoms with Crippen molar-refractivity contribution in [2.75, 3.05) is 17.7 Å². The number of fused-ring (bicyclic) bond motifs is 2. The van der Waals surface area contributed by atoms with Crippen LogP contribution >= 0.6 is 11.6 Å². The van der Waals surface area contributed by atoms with Crippen molar-refractivity contribution in [1.29, 1.82) is 0 Å². The molecule has 0 saturated carbocycles. The van der Waals surface area contributed by atoms with Gasteiger partial charge in [0.2, 0.25) is 15.9 Å². The van der Waals surface area contributed by atoms with Gasteiger partial charge in [-0.25, -0.2) is 22.0 Å². The zero-order valence-electron chi connectivity index (χ0n) is 31.3. The smallest absolute Gasteiger partial charge is 0.435 e. The van der Waals surface area contributed by atoms with E-state index in [1.165, 1.54) is 25.1 Å². The molecule has 0 fully saturated rings. The predicted octanol–water partition coefficient (Wildman–Crippen LogP) is 8.03. The van der Waals surface area contributed by atoms with Crippen LogP contribution in [0.5, 0.6) is 0 Å². The largest absolute Gasteiger partial charge is 0.452 e. The number of ether oxygens (including phenoxy) is 1. The van der Waals surface area contributed by atoms with Crippen molar-refractivity contribution in [3.63, 3.8) is 0 Å². The molecule has 3 aromatic heterocycles. The molecule has 3 heterocycles. The van der Waals surface area contributed by atoms with Crippen molar-refractivity contribution in [2.45, 2.75) is 64.1 Å². The number of benzene rings is 2. The second kappa shape index (κ2) is 15.5. The van der Waals surface area contributed by atoms with Crippen LogP contribution in [0.15, 0.2) is 42.5 Å². The van der Waals surface area contributed by atoms with Crippen molar-refractivity contribution in [2.24, 2.45) is 5.92 Å². The minimum Gasteiger partial charge on any atom is -0.452 e. The molecule has 322 valence electrons. The van der Waals surface area contributed by atoms with E-state index >= 15 is 8.78 Å². The average Bonchev–Trinajstić information content (AvgIpc) is 3.72. The van der Waals surface area contributed by atoms with E-state index < -0.39 is 129 Å². The number of hydrogen-bond acceptors (Lipinski definition) is 8.